The summed E-state index contributed by atoms with van der Waals surface area (Å²) in [6.07, 6.45) is 2.56. The van der Waals surface area contributed by atoms with Crippen molar-refractivity contribution in [1.29, 1.82) is 0 Å². The van der Waals surface area contributed by atoms with Crippen molar-refractivity contribution < 1.29 is 14.3 Å². The van der Waals surface area contributed by atoms with Gasteiger partial charge in [0, 0.05) is 12.1 Å². The lowest BCUT2D eigenvalue weighted by molar-refractivity contribution is 0.210. The zero-order valence-corrected chi connectivity index (χ0v) is 17.2. The molecule has 1 aromatic heterocycles. The molecule has 0 saturated carbocycles. The molecule has 0 bridgehead atoms. The number of benzene rings is 2. The summed E-state index contributed by atoms with van der Waals surface area (Å²) < 4.78 is 12.7. The number of carbonyl (C=O) groups is 1. The third kappa shape index (κ3) is 5.82. The number of ether oxygens (including phenoxy) is 2. The Balaban J connectivity index is 1.86. The molecular weight excluding hydrogens is 413 g/mol. The van der Waals surface area contributed by atoms with Gasteiger partial charge in [0.05, 0.1) is 33.9 Å². The smallest absolute Gasteiger partial charge is 0.439 e. The predicted molar refractivity (Wildman–Crippen MR) is 112 cm³/mol. The van der Waals surface area contributed by atoms with Crippen LogP contribution in [0.4, 0.5) is 4.79 Å². The van der Waals surface area contributed by atoms with E-state index in [1.165, 1.54) is 18.3 Å². The summed E-state index contributed by atoms with van der Waals surface area (Å²) in [4.78, 5) is 16.1. The molecule has 0 unspecified atom stereocenters. The molecule has 150 valence electrons. The number of hydrogen-bond donors (Lipinski definition) is 0. The SMILES string of the molecule is CCCCOc1cc(=NC(=O)Oc2ccc(Cl)c(Cl)c2)cnn1-c1ccccc1. The van der Waals surface area contributed by atoms with Crippen LogP contribution < -0.4 is 14.8 Å². The van der Waals surface area contributed by atoms with Crippen LogP contribution in [0, 0.1) is 0 Å². The van der Waals surface area contributed by atoms with Crippen LogP contribution in [0.2, 0.25) is 10.0 Å². The van der Waals surface area contributed by atoms with Crippen molar-refractivity contribution in [2.24, 2.45) is 4.99 Å². The molecule has 1 heterocycles. The lowest BCUT2D eigenvalue weighted by Gasteiger charge is -2.13. The van der Waals surface area contributed by atoms with Gasteiger partial charge in [-0.2, -0.15) is 10.1 Å². The minimum Gasteiger partial charge on any atom is -0.478 e. The number of carbonyl (C=O) groups excluding carboxylic acids is 1. The van der Waals surface area contributed by atoms with Gasteiger partial charge in [-0.25, -0.2) is 9.48 Å². The Bertz CT molecular complexity index is 1050. The summed E-state index contributed by atoms with van der Waals surface area (Å²) in [6.45, 7) is 2.61. The standard InChI is InChI=1S/C21H19Cl2N3O3/c1-2-3-11-28-20-12-15(14-24-26(20)16-7-5-4-6-8-16)25-21(27)29-17-9-10-18(22)19(23)13-17/h4-10,12-14H,2-3,11H2,1H3. The number of para-hydroxylation sites is 1. The van der Waals surface area contributed by atoms with Crippen molar-refractivity contribution >= 4 is 29.3 Å². The Kier molecular flexibility index (Phi) is 7.27. The minimum absolute atomic E-state index is 0.246. The van der Waals surface area contributed by atoms with Crippen LogP contribution in [0.3, 0.4) is 0 Å². The zero-order valence-electron chi connectivity index (χ0n) is 15.7. The fourth-order valence-electron chi connectivity index (χ4n) is 2.42. The van der Waals surface area contributed by atoms with Crippen LogP contribution in [-0.4, -0.2) is 22.5 Å². The van der Waals surface area contributed by atoms with Crippen LogP contribution in [0.25, 0.3) is 5.69 Å². The van der Waals surface area contributed by atoms with E-state index in [1.807, 2.05) is 30.3 Å². The molecule has 29 heavy (non-hydrogen) atoms. The topological polar surface area (TPSA) is 65.7 Å². The zero-order chi connectivity index (χ0) is 20.6. The highest BCUT2D eigenvalue weighted by Crippen LogP contribution is 2.26. The molecule has 2 aromatic carbocycles. The maximum absolute atomic E-state index is 12.2. The minimum atomic E-state index is -0.804. The molecule has 6 nitrogen and oxygen atoms in total. The van der Waals surface area contributed by atoms with Gasteiger partial charge in [-0.3, -0.25) is 0 Å². The van der Waals surface area contributed by atoms with E-state index in [0.717, 1.165) is 18.5 Å². The van der Waals surface area contributed by atoms with Gasteiger partial charge in [0.1, 0.15) is 5.75 Å². The highest BCUT2D eigenvalue weighted by atomic mass is 35.5. The molecule has 0 spiro atoms. The molecule has 3 aromatic rings. The summed E-state index contributed by atoms with van der Waals surface area (Å²) >= 11 is 11.8. The highest BCUT2D eigenvalue weighted by Gasteiger charge is 2.08. The molecule has 0 radical (unpaired) electrons. The number of halogens is 2. The lowest BCUT2D eigenvalue weighted by atomic mass is 10.3. The van der Waals surface area contributed by atoms with E-state index in [4.69, 9.17) is 32.7 Å². The Morgan fingerprint density at radius 2 is 1.90 bits per heavy atom. The molecule has 8 heteroatoms. The number of hydrogen-bond acceptors (Lipinski definition) is 4. The first-order valence-electron chi connectivity index (χ1n) is 9.06. The van der Waals surface area contributed by atoms with Gasteiger partial charge in [0.2, 0.25) is 5.88 Å². The summed E-state index contributed by atoms with van der Waals surface area (Å²) in [5.41, 5.74) is 0.837. The van der Waals surface area contributed by atoms with Gasteiger partial charge in [-0.05, 0) is 30.7 Å². The number of amides is 1. The van der Waals surface area contributed by atoms with Crippen molar-refractivity contribution in [2.75, 3.05) is 6.61 Å². The normalized spacial score (nSPS) is 11.3. The van der Waals surface area contributed by atoms with Crippen molar-refractivity contribution in [2.45, 2.75) is 19.8 Å². The predicted octanol–water partition coefficient (Wildman–Crippen LogP) is 5.46. The number of unbranched alkanes of at least 4 members (excludes halogenated alkanes) is 1. The molecule has 0 aliphatic heterocycles. The van der Waals surface area contributed by atoms with E-state index in [9.17, 15) is 4.79 Å². The summed E-state index contributed by atoms with van der Waals surface area (Å²) in [5.74, 6) is 0.726. The molecular formula is C21H19Cl2N3O3. The number of nitrogens with zero attached hydrogens (tertiary/aromatic N) is 3. The van der Waals surface area contributed by atoms with Crippen LogP contribution in [0.15, 0.2) is 65.8 Å². The summed E-state index contributed by atoms with van der Waals surface area (Å²) in [5, 5.41) is 5.34. The number of aromatic nitrogens is 2. The summed E-state index contributed by atoms with van der Waals surface area (Å²) in [6, 6.07) is 15.7. The average Bonchev–Trinajstić information content (AvgIpc) is 2.72. The van der Waals surface area contributed by atoms with Crippen LogP contribution >= 0.6 is 23.2 Å². The maximum atomic E-state index is 12.2. The number of rotatable bonds is 6. The van der Waals surface area contributed by atoms with Crippen LogP contribution in [0.5, 0.6) is 11.6 Å². The van der Waals surface area contributed by atoms with E-state index >= 15 is 0 Å². The molecule has 0 saturated heterocycles. The Hall–Kier alpha value is -2.83. The van der Waals surface area contributed by atoms with Crippen LogP contribution in [0.1, 0.15) is 19.8 Å². The molecule has 0 fully saturated rings. The Morgan fingerprint density at radius 3 is 2.62 bits per heavy atom. The van der Waals surface area contributed by atoms with Crippen LogP contribution in [-0.2, 0) is 0 Å². The molecule has 0 aliphatic rings. The van der Waals surface area contributed by atoms with Gasteiger partial charge >= 0.3 is 6.09 Å². The van der Waals surface area contributed by atoms with Gasteiger partial charge < -0.3 is 9.47 Å². The molecule has 0 aliphatic carbocycles. The highest BCUT2D eigenvalue weighted by molar-refractivity contribution is 6.42. The monoisotopic (exact) mass is 431 g/mol. The van der Waals surface area contributed by atoms with Gasteiger partial charge in [-0.1, -0.05) is 54.7 Å². The maximum Gasteiger partial charge on any atom is 0.439 e. The van der Waals surface area contributed by atoms with E-state index < -0.39 is 6.09 Å². The van der Waals surface area contributed by atoms with E-state index in [-0.39, 0.29) is 10.8 Å². The summed E-state index contributed by atoms with van der Waals surface area (Å²) in [7, 11) is 0. The van der Waals surface area contributed by atoms with Crippen molar-refractivity contribution in [1.82, 2.24) is 9.78 Å². The van der Waals surface area contributed by atoms with Gasteiger partial charge in [-0.15, -0.1) is 0 Å². The van der Waals surface area contributed by atoms with E-state index in [1.54, 1.807) is 16.8 Å². The van der Waals surface area contributed by atoms with Gasteiger partial charge in [0.15, 0.2) is 0 Å². The molecule has 3 rings (SSSR count). The first-order valence-corrected chi connectivity index (χ1v) is 9.81. The van der Waals surface area contributed by atoms with E-state index in [0.29, 0.717) is 22.9 Å². The first-order chi connectivity index (χ1) is 14.1. The third-order valence-corrected chi connectivity index (χ3v) is 4.59. The third-order valence-electron chi connectivity index (χ3n) is 3.85. The molecule has 0 atom stereocenters. The quantitative estimate of drug-likeness (QED) is 0.486. The second-order valence-corrected chi connectivity index (χ2v) is 6.87. The lowest BCUT2D eigenvalue weighted by Crippen LogP contribution is -2.16. The van der Waals surface area contributed by atoms with Crippen molar-refractivity contribution in [3.05, 3.63) is 76.2 Å². The fourth-order valence-corrected chi connectivity index (χ4v) is 2.70. The van der Waals surface area contributed by atoms with Crippen molar-refractivity contribution in [3.63, 3.8) is 0 Å². The Morgan fingerprint density at radius 1 is 1.10 bits per heavy atom. The van der Waals surface area contributed by atoms with E-state index in [2.05, 4.69) is 17.0 Å². The molecule has 0 N–H and O–H groups in total. The second kappa shape index (κ2) is 10.1. The first kappa shape index (κ1) is 20.9. The van der Waals surface area contributed by atoms with Crippen molar-refractivity contribution in [3.8, 4) is 17.3 Å². The molecule has 1 amide bonds. The van der Waals surface area contributed by atoms with Gasteiger partial charge in [0.25, 0.3) is 0 Å². The second-order valence-electron chi connectivity index (χ2n) is 6.06. The largest absolute Gasteiger partial charge is 0.478 e. The Labute approximate surface area is 178 Å². The average molecular weight is 432 g/mol. The fraction of sp³-hybridized carbons (Fsp3) is 0.190.